The Bertz CT molecular complexity index is 208. The lowest BCUT2D eigenvalue weighted by Gasteiger charge is -2.30. The molecule has 1 atom stereocenters. The van der Waals surface area contributed by atoms with Crippen molar-refractivity contribution in [3.8, 4) is 0 Å². The number of nitrogens with two attached hydrogens (primary N) is 1. The van der Waals surface area contributed by atoms with Crippen molar-refractivity contribution in [2.45, 2.75) is 49.8 Å². The Morgan fingerprint density at radius 2 is 1.64 bits per heavy atom. The minimum atomic E-state index is -0.719. The highest BCUT2D eigenvalue weighted by Crippen LogP contribution is 2.25. The largest absolute Gasteiger partial charge is 0.328 e. The summed E-state index contributed by atoms with van der Waals surface area (Å²) < 4.78 is 14.2. The summed E-state index contributed by atoms with van der Waals surface area (Å²) in [5.41, 5.74) is 5.82. The van der Waals surface area contributed by atoms with Gasteiger partial charge in [-0.1, -0.05) is 12.8 Å². The fraction of sp³-hybridized carbons (Fsp3) is 1.00. The first kappa shape index (κ1) is 10.6. The molecule has 1 heterocycles. The predicted octanol–water partition coefficient (Wildman–Crippen LogP) is 1.02. The highest BCUT2D eigenvalue weighted by atomic mass is 32.2. The molecule has 1 aliphatic carbocycles. The molecule has 14 heavy (non-hydrogen) atoms. The second kappa shape index (κ2) is 4.73. The summed E-state index contributed by atoms with van der Waals surface area (Å²) in [4.78, 5) is 0. The standard InChI is InChI=1S/C10H20N2OS/c11-9-5-7-12(8-6-9)14(13)10-3-1-2-4-10/h9-10H,1-8,11H2. The molecule has 0 bridgehead atoms. The summed E-state index contributed by atoms with van der Waals surface area (Å²) in [5, 5.41) is 0.448. The van der Waals surface area contributed by atoms with Crippen molar-refractivity contribution in [2.24, 2.45) is 5.73 Å². The lowest BCUT2D eigenvalue weighted by atomic mass is 10.1. The van der Waals surface area contributed by atoms with Gasteiger partial charge in [-0.3, -0.25) is 0 Å². The van der Waals surface area contributed by atoms with E-state index in [1.807, 2.05) is 0 Å². The molecule has 0 aromatic heterocycles. The Kier molecular flexibility index (Phi) is 3.57. The highest BCUT2D eigenvalue weighted by molar-refractivity contribution is 7.83. The lowest BCUT2D eigenvalue weighted by Crippen LogP contribution is -2.42. The maximum atomic E-state index is 12.1. The molecule has 1 saturated heterocycles. The number of nitrogens with zero attached hydrogens (tertiary/aromatic N) is 1. The van der Waals surface area contributed by atoms with E-state index in [2.05, 4.69) is 4.31 Å². The Hall–Kier alpha value is 0.0700. The molecule has 1 unspecified atom stereocenters. The van der Waals surface area contributed by atoms with Crippen LogP contribution < -0.4 is 5.73 Å². The van der Waals surface area contributed by atoms with Gasteiger partial charge in [-0.05, 0) is 25.7 Å². The van der Waals surface area contributed by atoms with Gasteiger partial charge in [0.2, 0.25) is 0 Å². The molecule has 1 aliphatic heterocycles. The molecule has 0 aromatic carbocycles. The van der Waals surface area contributed by atoms with E-state index in [1.54, 1.807) is 0 Å². The van der Waals surface area contributed by atoms with Gasteiger partial charge in [-0.15, -0.1) is 0 Å². The van der Waals surface area contributed by atoms with Crippen LogP contribution in [-0.2, 0) is 11.0 Å². The topological polar surface area (TPSA) is 46.3 Å². The van der Waals surface area contributed by atoms with Crippen molar-refractivity contribution in [3.63, 3.8) is 0 Å². The van der Waals surface area contributed by atoms with Crippen LogP contribution in [0.4, 0.5) is 0 Å². The van der Waals surface area contributed by atoms with Crippen LogP contribution in [-0.4, -0.2) is 32.9 Å². The van der Waals surface area contributed by atoms with Crippen LogP contribution in [0.5, 0.6) is 0 Å². The third-order valence-electron chi connectivity index (χ3n) is 3.34. The van der Waals surface area contributed by atoms with Crippen molar-refractivity contribution in [1.29, 1.82) is 0 Å². The Balaban J connectivity index is 1.85. The fourth-order valence-corrected chi connectivity index (χ4v) is 4.09. The Labute approximate surface area is 88.6 Å². The maximum absolute atomic E-state index is 12.1. The van der Waals surface area contributed by atoms with Gasteiger partial charge in [-0.2, -0.15) is 0 Å². The van der Waals surface area contributed by atoms with Gasteiger partial charge in [0.05, 0.1) is 11.0 Å². The third kappa shape index (κ3) is 2.35. The summed E-state index contributed by atoms with van der Waals surface area (Å²) in [7, 11) is -0.719. The van der Waals surface area contributed by atoms with E-state index in [-0.39, 0.29) is 0 Å². The van der Waals surface area contributed by atoms with Gasteiger partial charge in [0, 0.05) is 24.4 Å². The number of piperidine rings is 1. The van der Waals surface area contributed by atoms with E-state index < -0.39 is 11.0 Å². The molecule has 2 aliphatic rings. The van der Waals surface area contributed by atoms with E-state index in [0.717, 1.165) is 38.8 Å². The molecule has 0 aromatic rings. The van der Waals surface area contributed by atoms with Crippen molar-refractivity contribution >= 4 is 11.0 Å². The second-order valence-electron chi connectivity index (χ2n) is 4.45. The molecule has 0 radical (unpaired) electrons. The minimum absolute atomic E-state index is 0.340. The number of hydrogen-bond donors (Lipinski definition) is 1. The van der Waals surface area contributed by atoms with Gasteiger partial charge in [0.1, 0.15) is 0 Å². The van der Waals surface area contributed by atoms with E-state index in [1.165, 1.54) is 12.8 Å². The van der Waals surface area contributed by atoms with Crippen molar-refractivity contribution in [1.82, 2.24) is 4.31 Å². The van der Waals surface area contributed by atoms with Crippen molar-refractivity contribution in [3.05, 3.63) is 0 Å². The van der Waals surface area contributed by atoms with Crippen molar-refractivity contribution in [2.75, 3.05) is 13.1 Å². The SMILES string of the molecule is NC1CCN(S(=O)C2CCCC2)CC1. The normalized spacial score (nSPS) is 29.5. The van der Waals surface area contributed by atoms with Crippen LogP contribution in [0.2, 0.25) is 0 Å². The van der Waals surface area contributed by atoms with Crippen LogP contribution in [0.25, 0.3) is 0 Å². The van der Waals surface area contributed by atoms with Gasteiger partial charge in [-0.25, -0.2) is 8.51 Å². The number of rotatable bonds is 2. The van der Waals surface area contributed by atoms with E-state index >= 15 is 0 Å². The zero-order valence-electron chi connectivity index (χ0n) is 8.65. The first-order valence-electron chi connectivity index (χ1n) is 5.68. The van der Waals surface area contributed by atoms with Crippen LogP contribution >= 0.6 is 0 Å². The second-order valence-corrected chi connectivity index (χ2v) is 6.18. The third-order valence-corrected chi connectivity index (χ3v) is 5.26. The van der Waals surface area contributed by atoms with Crippen LogP contribution in [0.1, 0.15) is 38.5 Å². The predicted molar refractivity (Wildman–Crippen MR) is 59.2 cm³/mol. The number of hydrogen-bond acceptors (Lipinski definition) is 2. The average Bonchev–Trinajstić information content (AvgIpc) is 2.71. The van der Waals surface area contributed by atoms with Gasteiger partial charge < -0.3 is 5.73 Å². The summed E-state index contributed by atoms with van der Waals surface area (Å²) in [6.07, 6.45) is 6.88. The molecule has 0 spiro atoms. The summed E-state index contributed by atoms with van der Waals surface area (Å²) >= 11 is 0. The van der Waals surface area contributed by atoms with Crippen LogP contribution in [0, 0.1) is 0 Å². The Morgan fingerprint density at radius 1 is 1.07 bits per heavy atom. The van der Waals surface area contributed by atoms with E-state index in [9.17, 15) is 4.21 Å². The lowest BCUT2D eigenvalue weighted by molar-refractivity contribution is 0.332. The Morgan fingerprint density at radius 3 is 2.21 bits per heavy atom. The minimum Gasteiger partial charge on any atom is -0.328 e. The van der Waals surface area contributed by atoms with E-state index in [0.29, 0.717) is 11.3 Å². The first-order valence-corrected chi connectivity index (χ1v) is 6.85. The monoisotopic (exact) mass is 216 g/mol. The molecule has 4 heteroatoms. The zero-order valence-corrected chi connectivity index (χ0v) is 9.47. The highest BCUT2D eigenvalue weighted by Gasteiger charge is 2.28. The van der Waals surface area contributed by atoms with Crippen LogP contribution in [0.3, 0.4) is 0 Å². The molecule has 82 valence electrons. The summed E-state index contributed by atoms with van der Waals surface area (Å²) in [6.45, 7) is 1.87. The molecule has 0 amide bonds. The molecule has 2 rings (SSSR count). The fourth-order valence-electron chi connectivity index (χ4n) is 2.36. The van der Waals surface area contributed by atoms with Gasteiger partial charge >= 0.3 is 0 Å². The summed E-state index contributed by atoms with van der Waals surface area (Å²) in [6, 6.07) is 0.340. The van der Waals surface area contributed by atoms with Crippen molar-refractivity contribution < 1.29 is 4.21 Å². The molecule has 3 nitrogen and oxygen atoms in total. The van der Waals surface area contributed by atoms with E-state index in [4.69, 9.17) is 5.73 Å². The van der Waals surface area contributed by atoms with Gasteiger partial charge in [0.15, 0.2) is 0 Å². The maximum Gasteiger partial charge on any atom is 0.0974 e. The van der Waals surface area contributed by atoms with Gasteiger partial charge in [0.25, 0.3) is 0 Å². The van der Waals surface area contributed by atoms with Crippen LogP contribution in [0.15, 0.2) is 0 Å². The molecular formula is C10H20N2OS. The zero-order chi connectivity index (χ0) is 9.97. The molecule has 2 N–H and O–H groups in total. The molecular weight excluding hydrogens is 196 g/mol. The first-order chi connectivity index (χ1) is 6.77. The summed E-state index contributed by atoms with van der Waals surface area (Å²) in [5.74, 6) is 0. The quantitative estimate of drug-likeness (QED) is 0.749. The molecule has 1 saturated carbocycles. The molecule has 2 fully saturated rings. The smallest absolute Gasteiger partial charge is 0.0974 e. The average molecular weight is 216 g/mol.